The predicted octanol–water partition coefficient (Wildman–Crippen LogP) is 4.40. The SMILES string of the molecule is COc1ccc(-c2cn3c4c(nc3cc2C)CCCN4C(=O)OC(C)(C)C)cn1. The first kappa shape index (κ1) is 19.2. The van der Waals surface area contributed by atoms with Crippen molar-refractivity contribution in [2.24, 2.45) is 0 Å². The number of hydrogen-bond donors (Lipinski definition) is 0. The van der Waals surface area contributed by atoms with E-state index in [1.165, 1.54) is 0 Å². The van der Waals surface area contributed by atoms with Gasteiger partial charge in [0.05, 0.1) is 12.8 Å². The Hall–Kier alpha value is -3.09. The van der Waals surface area contributed by atoms with E-state index in [4.69, 9.17) is 14.5 Å². The molecule has 1 aliphatic rings. The second-order valence-electron chi connectivity index (χ2n) is 8.31. The number of aromatic nitrogens is 3. The molecule has 4 rings (SSSR count). The van der Waals surface area contributed by atoms with E-state index in [-0.39, 0.29) is 6.09 Å². The van der Waals surface area contributed by atoms with Gasteiger partial charge in [0, 0.05) is 36.1 Å². The summed E-state index contributed by atoms with van der Waals surface area (Å²) in [5.41, 5.74) is 4.30. The van der Waals surface area contributed by atoms with Gasteiger partial charge in [-0.1, -0.05) is 0 Å². The van der Waals surface area contributed by atoms with Gasteiger partial charge in [-0.2, -0.15) is 0 Å². The molecular weight excluding hydrogens is 368 g/mol. The number of ether oxygens (including phenoxy) is 2. The number of hydrogen-bond acceptors (Lipinski definition) is 5. The van der Waals surface area contributed by atoms with Crippen molar-refractivity contribution in [1.29, 1.82) is 0 Å². The lowest BCUT2D eigenvalue weighted by atomic mass is 10.0. The molecule has 0 saturated carbocycles. The standard InChI is InChI=1S/C22H26N4O3/c1-14-11-18-24-17-7-6-10-25(21(27)29-22(2,3)4)20(17)26(18)13-16(14)15-8-9-19(28-5)23-12-15/h8-9,11-13H,6-7,10H2,1-5H3. The molecule has 3 aromatic rings. The normalized spacial score (nSPS) is 14.0. The van der Waals surface area contributed by atoms with Gasteiger partial charge in [0.15, 0.2) is 0 Å². The van der Waals surface area contributed by atoms with Gasteiger partial charge in [0.2, 0.25) is 5.88 Å². The minimum Gasteiger partial charge on any atom is -0.481 e. The van der Waals surface area contributed by atoms with Crippen LogP contribution in [0.3, 0.4) is 0 Å². The van der Waals surface area contributed by atoms with Crippen LogP contribution in [0.15, 0.2) is 30.6 Å². The first-order valence-electron chi connectivity index (χ1n) is 9.79. The van der Waals surface area contributed by atoms with Crippen molar-refractivity contribution < 1.29 is 14.3 Å². The molecule has 3 aromatic heterocycles. The van der Waals surface area contributed by atoms with Gasteiger partial charge in [-0.15, -0.1) is 0 Å². The number of amides is 1. The van der Waals surface area contributed by atoms with E-state index in [0.29, 0.717) is 12.4 Å². The van der Waals surface area contributed by atoms with Crippen molar-refractivity contribution in [2.45, 2.75) is 46.1 Å². The van der Waals surface area contributed by atoms with E-state index < -0.39 is 5.60 Å². The molecule has 7 heteroatoms. The first-order valence-corrected chi connectivity index (χ1v) is 9.79. The molecule has 1 aliphatic heterocycles. The number of fused-ring (bicyclic) bond motifs is 3. The largest absolute Gasteiger partial charge is 0.481 e. The number of anilines is 1. The lowest BCUT2D eigenvalue weighted by Crippen LogP contribution is -2.40. The highest BCUT2D eigenvalue weighted by atomic mass is 16.6. The topological polar surface area (TPSA) is 69.0 Å². The van der Waals surface area contributed by atoms with Crippen LogP contribution >= 0.6 is 0 Å². The second-order valence-corrected chi connectivity index (χ2v) is 8.31. The Kier molecular flexibility index (Phi) is 4.68. The number of rotatable bonds is 2. The van der Waals surface area contributed by atoms with Crippen LogP contribution in [-0.2, 0) is 11.2 Å². The van der Waals surface area contributed by atoms with Gasteiger partial charge in [0.25, 0.3) is 0 Å². The molecular formula is C22H26N4O3. The number of methoxy groups -OCH3 is 1. The van der Waals surface area contributed by atoms with Gasteiger partial charge < -0.3 is 9.47 Å². The summed E-state index contributed by atoms with van der Waals surface area (Å²) in [5, 5.41) is 0. The predicted molar refractivity (Wildman–Crippen MR) is 112 cm³/mol. The van der Waals surface area contributed by atoms with Crippen LogP contribution in [0.2, 0.25) is 0 Å². The Morgan fingerprint density at radius 2 is 2.03 bits per heavy atom. The summed E-state index contributed by atoms with van der Waals surface area (Å²) in [6.45, 7) is 8.30. The van der Waals surface area contributed by atoms with Crippen LogP contribution in [0.5, 0.6) is 5.88 Å². The third-order valence-corrected chi connectivity index (χ3v) is 4.93. The summed E-state index contributed by atoms with van der Waals surface area (Å²) < 4.78 is 12.8. The van der Waals surface area contributed by atoms with Crippen LogP contribution in [0.4, 0.5) is 10.6 Å². The molecule has 0 N–H and O–H groups in total. The monoisotopic (exact) mass is 394 g/mol. The van der Waals surface area contributed by atoms with Gasteiger partial charge in [0.1, 0.15) is 17.1 Å². The van der Waals surface area contributed by atoms with Crippen molar-refractivity contribution in [3.63, 3.8) is 0 Å². The van der Waals surface area contributed by atoms with Crippen molar-refractivity contribution >= 4 is 17.6 Å². The molecule has 29 heavy (non-hydrogen) atoms. The fourth-order valence-corrected chi connectivity index (χ4v) is 3.64. The molecule has 0 radical (unpaired) electrons. The molecule has 0 spiro atoms. The maximum atomic E-state index is 12.8. The summed E-state index contributed by atoms with van der Waals surface area (Å²) in [6.07, 6.45) is 5.19. The van der Waals surface area contributed by atoms with Crippen LogP contribution in [0.1, 0.15) is 38.4 Å². The third kappa shape index (κ3) is 3.64. The molecule has 4 heterocycles. The number of nitrogens with zero attached hydrogens (tertiary/aromatic N) is 4. The van der Waals surface area contributed by atoms with Crippen LogP contribution in [0, 0.1) is 6.92 Å². The highest BCUT2D eigenvalue weighted by molar-refractivity contribution is 5.89. The smallest absolute Gasteiger partial charge is 0.416 e. The van der Waals surface area contributed by atoms with Gasteiger partial charge in [-0.3, -0.25) is 9.30 Å². The van der Waals surface area contributed by atoms with E-state index >= 15 is 0 Å². The number of carbonyl (C=O) groups excluding carboxylic acids is 1. The summed E-state index contributed by atoms with van der Waals surface area (Å²) in [4.78, 5) is 23.7. The average molecular weight is 394 g/mol. The van der Waals surface area contributed by atoms with Crippen molar-refractivity contribution in [2.75, 3.05) is 18.6 Å². The molecule has 0 aromatic carbocycles. The molecule has 152 valence electrons. The van der Waals surface area contributed by atoms with Gasteiger partial charge >= 0.3 is 6.09 Å². The van der Waals surface area contributed by atoms with E-state index in [1.807, 2.05) is 49.6 Å². The van der Waals surface area contributed by atoms with Crippen LogP contribution < -0.4 is 9.64 Å². The quantitative estimate of drug-likeness (QED) is 0.644. The molecule has 0 saturated heterocycles. The van der Waals surface area contributed by atoms with E-state index in [9.17, 15) is 4.79 Å². The maximum Gasteiger partial charge on any atom is 0.416 e. The lowest BCUT2D eigenvalue weighted by Gasteiger charge is -2.30. The van der Waals surface area contributed by atoms with Crippen molar-refractivity contribution in [3.8, 4) is 17.0 Å². The highest BCUT2D eigenvalue weighted by Gasteiger charge is 2.31. The number of aryl methyl sites for hydroxylation is 2. The minimum absolute atomic E-state index is 0.339. The Morgan fingerprint density at radius 3 is 2.69 bits per heavy atom. The zero-order valence-corrected chi connectivity index (χ0v) is 17.5. The molecule has 7 nitrogen and oxygen atoms in total. The number of carbonyl (C=O) groups is 1. The third-order valence-electron chi connectivity index (χ3n) is 4.93. The summed E-state index contributed by atoms with van der Waals surface area (Å²) in [5.74, 6) is 1.37. The molecule has 0 unspecified atom stereocenters. The molecule has 0 atom stereocenters. The minimum atomic E-state index is -0.550. The first-order chi connectivity index (χ1) is 13.8. The summed E-state index contributed by atoms with van der Waals surface area (Å²) >= 11 is 0. The Bertz CT molecular complexity index is 1060. The average Bonchev–Trinajstić information content (AvgIpc) is 3.03. The van der Waals surface area contributed by atoms with Crippen LogP contribution in [-0.4, -0.2) is 39.7 Å². The Labute approximate surface area is 170 Å². The number of imidazole rings is 1. The molecule has 0 fully saturated rings. The summed E-state index contributed by atoms with van der Waals surface area (Å²) in [6, 6.07) is 5.87. The van der Waals surface area contributed by atoms with E-state index in [1.54, 1.807) is 18.2 Å². The Morgan fingerprint density at radius 1 is 1.24 bits per heavy atom. The molecule has 1 amide bonds. The summed E-state index contributed by atoms with van der Waals surface area (Å²) in [7, 11) is 1.60. The zero-order valence-electron chi connectivity index (χ0n) is 17.5. The van der Waals surface area contributed by atoms with Crippen molar-refractivity contribution in [1.82, 2.24) is 14.4 Å². The van der Waals surface area contributed by atoms with E-state index in [2.05, 4.69) is 11.9 Å². The fraction of sp³-hybridized carbons (Fsp3) is 0.409. The van der Waals surface area contributed by atoms with Crippen molar-refractivity contribution in [3.05, 3.63) is 41.9 Å². The zero-order chi connectivity index (χ0) is 20.8. The highest BCUT2D eigenvalue weighted by Crippen LogP contribution is 2.33. The Balaban J connectivity index is 1.82. The van der Waals surface area contributed by atoms with Gasteiger partial charge in [-0.05, 0) is 58.2 Å². The lowest BCUT2D eigenvalue weighted by molar-refractivity contribution is 0.0576. The fourth-order valence-electron chi connectivity index (χ4n) is 3.64. The van der Waals surface area contributed by atoms with E-state index in [0.717, 1.165) is 46.7 Å². The molecule has 0 bridgehead atoms. The second kappa shape index (κ2) is 7.06. The van der Waals surface area contributed by atoms with Gasteiger partial charge in [-0.25, -0.2) is 14.8 Å². The molecule has 0 aliphatic carbocycles. The van der Waals surface area contributed by atoms with Crippen LogP contribution in [0.25, 0.3) is 16.8 Å². The number of pyridine rings is 2. The maximum absolute atomic E-state index is 12.8.